The summed E-state index contributed by atoms with van der Waals surface area (Å²) in [5, 5.41) is 15.1. The maximum absolute atomic E-state index is 14.0. The van der Waals surface area contributed by atoms with Crippen molar-refractivity contribution >= 4 is 35.2 Å². The van der Waals surface area contributed by atoms with E-state index < -0.39 is 24.0 Å². The summed E-state index contributed by atoms with van der Waals surface area (Å²) >= 11 is 0. The minimum absolute atomic E-state index is 0.0570. The molecule has 0 aromatic heterocycles. The van der Waals surface area contributed by atoms with Crippen LogP contribution in [0.4, 0.5) is 5.69 Å². The van der Waals surface area contributed by atoms with Gasteiger partial charge in [-0.2, -0.15) is 0 Å². The van der Waals surface area contributed by atoms with Crippen LogP contribution in [0.5, 0.6) is 0 Å². The SMILES string of the molecule is CCNC(=O)[C@@H](NC(=O)[C@H](CC)NC[C@H](Cc1ccccc1)NC(=O)c1cc(C(=O)N[C@H](C)c2ccccc2)cc(N2CCCC2=O)c1)C(C)C. The first-order valence-electron chi connectivity index (χ1n) is 18.0. The maximum atomic E-state index is 14.0. The van der Waals surface area contributed by atoms with Crippen molar-refractivity contribution in [3.63, 3.8) is 0 Å². The Morgan fingerprint density at radius 3 is 1.98 bits per heavy atom. The summed E-state index contributed by atoms with van der Waals surface area (Å²) in [4.78, 5) is 67.9. The van der Waals surface area contributed by atoms with E-state index in [0.717, 1.165) is 11.1 Å². The van der Waals surface area contributed by atoms with E-state index in [0.29, 0.717) is 44.5 Å². The summed E-state index contributed by atoms with van der Waals surface area (Å²) in [6.07, 6.45) is 2.03. The predicted molar refractivity (Wildman–Crippen MR) is 199 cm³/mol. The molecule has 1 saturated heterocycles. The lowest BCUT2D eigenvalue weighted by molar-refractivity contribution is -0.131. The molecule has 0 aliphatic carbocycles. The molecule has 4 atom stereocenters. The molecule has 1 aliphatic heterocycles. The second-order valence-corrected chi connectivity index (χ2v) is 13.4. The number of rotatable bonds is 17. The molecule has 0 spiro atoms. The standard InChI is InChI=1S/C40H52N6O5/c1-6-34(39(50)45-36(26(3)4)40(51)41-7-2)42-25-32(21-28-15-10-8-11-16-28)44-38(49)31-22-30(23-33(24-31)46-20-14-19-35(46)47)37(48)43-27(5)29-17-12-9-13-18-29/h8-13,15-18,22-24,26-27,32,34,36,42H,6-7,14,19-21,25H2,1-5H3,(H,41,51)(H,43,48)(H,44,49)(H,45,50)/t27-,32+,34+,36+/m1/s1. The van der Waals surface area contributed by atoms with Gasteiger partial charge in [-0.3, -0.25) is 24.0 Å². The molecular weight excluding hydrogens is 644 g/mol. The van der Waals surface area contributed by atoms with Crippen LogP contribution in [0.15, 0.2) is 78.9 Å². The number of carbonyl (C=O) groups is 5. The van der Waals surface area contributed by atoms with Gasteiger partial charge in [-0.05, 0) is 68.4 Å². The summed E-state index contributed by atoms with van der Waals surface area (Å²) in [7, 11) is 0. The Morgan fingerprint density at radius 2 is 1.41 bits per heavy atom. The molecule has 5 amide bonds. The number of benzene rings is 3. The minimum Gasteiger partial charge on any atom is -0.355 e. The quantitative estimate of drug-likeness (QED) is 0.142. The van der Waals surface area contributed by atoms with Crippen LogP contribution in [-0.4, -0.2) is 67.3 Å². The third kappa shape index (κ3) is 11.0. The number of nitrogens with zero attached hydrogens (tertiary/aromatic N) is 1. The molecule has 3 aromatic rings. The predicted octanol–water partition coefficient (Wildman–Crippen LogP) is 4.29. The average Bonchev–Trinajstić information content (AvgIpc) is 3.56. The molecule has 0 radical (unpaired) electrons. The van der Waals surface area contributed by atoms with Gasteiger partial charge in [0.05, 0.1) is 12.1 Å². The van der Waals surface area contributed by atoms with Crippen LogP contribution >= 0.6 is 0 Å². The molecule has 1 fully saturated rings. The van der Waals surface area contributed by atoms with Crippen LogP contribution in [0.25, 0.3) is 0 Å². The first-order chi connectivity index (χ1) is 24.5. The van der Waals surface area contributed by atoms with Crippen molar-refractivity contribution in [1.82, 2.24) is 26.6 Å². The lowest BCUT2D eigenvalue weighted by atomic mass is 10.0. The molecule has 1 heterocycles. The number of carbonyl (C=O) groups excluding carboxylic acids is 5. The molecule has 1 aliphatic rings. The smallest absolute Gasteiger partial charge is 0.251 e. The Bertz CT molecular complexity index is 1650. The number of amides is 5. The molecule has 0 saturated carbocycles. The summed E-state index contributed by atoms with van der Waals surface area (Å²) in [6, 6.07) is 22.2. The minimum atomic E-state index is -0.676. The van der Waals surface area contributed by atoms with Crippen molar-refractivity contribution < 1.29 is 24.0 Å². The van der Waals surface area contributed by atoms with E-state index in [-0.39, 0.29) is 53.3 Å². The second kappa shape index (κ2) is 18.8. The zero-order valence-electron chi connectivity index (χ0n) is 30.3. The van der Waals surface area contributed by atoms with Gasteiger partial charge in [0.1, 0.15) is 6.04 Å². The average molecular weight is 697 g/mol. The monoisotopic (exact) mass is 696 g/mol. The Hall–Kier alpha value is -5.03. The Labute approximate surface area is 301 Å². The van der Waals surface area contributed by atoms with E-state index in [2.05, 4.69) is 26.6 Å². The van der Waals surface area contributed by atoms with Gasteiger partial charge < -0.3 is 31.5 Å². The largest absolute Gasteiger partial charge is 0.355 e. The van der Waals surface area contributed by atoms with Gasteiger partial charge in [0.2, 0.25) is 17.7 Å². The second-order valence-electron chi connectivity index (χ2n) is 13.4. The number of nitrogens with one attached hydrogen (secondary N) is 5. The van der Waals surface area contributed by atoms with Crippen molar-refractivity contribution in [2.45, 2.75) is 84.5 Å². The molecule has 5 N–H and O–H groups in total. The number of hydrogen-bond acceptors (Lipinski definition) is 6. The van der Waals surface area contributed by atoms with Crippen LogP contribution in [0.3, 0.4) is 0 Å². The van der Waals surface area contributed by atoms with Gasteiger partial charge in [0.15, 0.2) is 0 Å². The van der Waals surface area contributed by atoms with E-state index in [1.165, 1.54) is 0 Å². The highest BCUT2D eigenvalue weighted by Gasteiger charge is 2.28. The molecule has 272 valence electrons. The molecular formula is C40H52N6O5. The van der Waals surface area contributed by atoms with Crippen molar-refractivity contribution in [3.8, 4) is 0 Å². The van der Waals surface area contributed by atoms with Crippen LogP contribution in [0.1, 0.15) is 91.8 Å². The molecule has 51 heavy (non-hydrogen) atoms. The number of likely N-dealkylation sites (N-methyl/N-ethyl adjacent to an activating group) is 1. The maximum Gasteiger partial charge on any atom is 0.251 e. The molecule has 0 unspecified atom stereocenters. The third-order valence-electron chi connectivity index (χ3n) is 9.07. The fraction of sp³-hybridized carbons (Fsp3) is 0.425. The lowest BCUT2D eigenvalue weighted by Gasteiger charge is -2.26. The van der Waals surface area contributed by atoms with Gasteiger partial charge in [0, 0.05) is 48.9 Å². The number of hydrogen-bond donors (Lipinski definition) is 5. The number of anilines is 1. The van der Waals surface area contributed by atoms with Gasteiger partial charge >= 0.3 is 0 Å². The fourth-order valence-electron chi connectivity index (χ4n) is 6.18. The topological polar surface area (TPSA) is 149 Å². The Balaban J connectivity index is 1.56. The zero-order chi connectivity index (χ0) is 36.9. The van der Waals surface area contributed by atoms with Crippen molar-refractivity contribution in [2.24, 2.45) is 5.92 Å². The highest BCUT2D eigenvalue weighted by atomic mass is 16.2. The summed E-state index contributed by atoms with van der Waals surface area (Å²) < 4.78 is 0. The highest BCUT2D eigenvalue weighted by Crippen LogP contribution is 2.25. The van der Waals surface area contributed by atoms with Gasteiger partial charge in [-0.15, -0.1) is 0 Å². The van der Waals surface area contributed by atoms with Gasteiger partial charge in [-0.25, -0.2) is 0 Å². The molecule has 11 heteroatoms. The molecule has 0 bridgehead atoms. The van der Waals surface area contributed by atoms with E-state index in [1.54, 1.807) is 23.1 Å². The van der Waals surface area contributed by atoms with Crippen molar-refractivity contribution in [3.05, 3.63) is 101 Å². The first kappa shape index (κ1) is 38.8. The summed E-state index contributed by atoms with van der Waals surface area (Å²) in [5.74, 6) is -1.46. The van der Waals surface area contributed by atoms with Crippen LogP contribution < -0.4 is 31.5 Å². The molecule has 4 rings (SSSR count). The summed E-state index contributed by atoms with van der Waals surface area (Å²) in [5.41, 5.74) is 2.94. The zero-order valence-corrected chi connectivity index (χ0v) is 30.3. The highest BCUT2D eigenvalue weighted by molar-refractivity contribution is 6.04. The van der Waals surface area contributed by atoms with Gasteiger partial charge in [0.25, 0.3) is 11.8 Å². The fourth-order valence-corrected chi connectivity index (χ4v) is 6.18. The molecule has 3 aromatic carbocycles. The Morgan fingerprint density at radius 1 is 0.784 bits per heavy atom. The normalized spacial score (nSPS) is 15.1. The van der Waals surface area contributed by atoms with Crippen LogP contribution in [0.2, 0.25) is 0 Å². The van der Waals surface area contributed by atoms with Crippen LogP contribution in [-0.2, 0) is 20.8 Å². The van der Waals surface area contributed by atoms with Crippen molar-refractivity contribution in [2.75, 3.05) is 24.5 Å². The molecule has 11 nitrogen and oxygen atoms in total. The first-order valence-corrected chi connectivity index (χ1v) is 18.0. The van der Waals surface area contributed by atoms with E-state index in [9.17, 15) is 24.0 Å². The third-order valence-corrected chi connectivity index (χ3v) is 9.07. The van der Waals surface area contributed by atoms with Gasteiger partial charge in [-0.1, -0.05) is 81.4 Å². The van der Waals surface area contributed by atoms with E-state index in [4.69, 9.17) is 0 Å². The summed E-state index contributed by atoms with van der Waals surface area (Å²) in [6.45, 7) is 10.6. The van der Waals surface area contributed by atoms with E-state index in [1.807, 2.05) is 95.3 Å². The van der Waals surface area contributed by atoms with Crippen LogP contribution in [0, 0.1) is 5.92 Å². The lowest BCUT2D eigenvalue weighted by Crippen LogP contribution is -2.56. The van der Waals surface area contributed by atoms with E-state index >= 15 is 0 Å². The van der Waals surface area contributed by atoms with Crippen molar-refractivity contribution in [1.29, 1.82) is 0 Å². The Kier molecular flexibility index (Phi) is 14.3.